The van der Waals surface area contributed by atoms with Gasteiger partial charge in [0.1, 0.15) is 6.61 Å². The van der Waals surface area contributed by atoms with Crippen molar-refractivity contribution in [2.75, 3.05) is 56.8 Å². The summed E-state index contributed by atoms with van der Waals surface area (Å²) in [5.74, 6) is -0.269. The summed E-state index contributed by atoms with van der Waals surface area (Å²) in [4.78, 5) is 21.3. The van der Waals surface area contributed by atoms with Gasteiger partial charge in [-0.05, 0) is 74.4 Å². The van der Waals surface area contributed by atoms with Crippen molar-refractivity contribution in [3.8, 4) is 0 Å². The fourth-order valence-electron chi connectivity index (χ4n) is 5.77. The first kappa shape index (κ1) is 29.5. The van der Waals surface area contributed by atoms with Crippen LogP contribution in [0.1, 0.15) is 41.1 Å². The molecular weight excluding hydrogens is 560 g/mol. The summed E-state index contributed by atoms with van der Waals surface area (Å²) in [5, 5.41) is 7.34. The highest BCUT2D eigenvalue weighted by molar-refractivity contribution is 7.80. The molecule has 4 heterocycles. The molecule has 0 aliphatic carbocycles. The minimum Gasteiger partial charge on any atom is -0.379 e. The molecule has 2 fully saturated rings. The van der Waals surface area contributed by atoms with E-state index in [0.29, 0.717) is 15.8 Å². The van der Waals surface area contributed by atoms with Gasteiger partial charge in [-0.3, -0.25) is 14.7 Å². The minimum absolute atomic E-state index is 0.0475. The van der Waals surface area contributed by atoms with Crippen LogP contribution in [-0.4, -0.2) is 72.0 Å². The van der Waals surface area contributed by atoms with Crippen molar-refractivity contribution in [1.82, 2.24) is 19.8 Å². The number of pyridine rings is 1. The summed E-state index contributed by atoms with van der Waals surface area (Å²) < 4.78 is 12.8. The minimum atomic E-state index is -0.269. The molecule has 2 aliphatic heterocycles. The van der Waals surface area contributed by atoms with E-state index in [1.807, 2.05) is 36.5 Å². The number of hydrogen-bond acceptors (Lipinski definition) is 6. The van der Waals surface area contributed by atoms with Gasteiger partial charge in [0.05, 0.1) is 41.7 Å². The number of morpholine rings is 1. The van der Waals surface area contributed by atoms with E-state index in [4.69, 9.17) is 33.3 Å². The number of nitrogens with zero attached hydrogens (tertiary/aromatic N) is 4. The summed E-state index contributed by atoms with van der Waals surface area (Å²) in [7, 11) is 1.48. The van der Waals surface area contributed by atoms with Crippen molar-refractivity contribution in [1.29, 1.82) is 0 Å². The maximum Gasteiger partial charge on any atom is 0.250 e. The third kappa shape index (κ3) is 6.57. The van der Waals surface area contributed by atoms with Crippen LogP contribution >= 0.6 is 23.8 Å². The zero-order valence-corrected chi connectivity index (χ0v) is 25.3. The van der Waals surface area contributed by atoms with Crippen LogP contribution in [0.4, 0.5) is 11.4 Å². The summed E-state index contributed by atoms with van der Waals surface area (Å²) in [6.07, 6.45) is 2.87. The average Bonchev–Trinajstić information content (AvgIpc) is 3.46. The SMILES string of the molecule is COCC(=O)Nc1ccc(N2C(=S)NC(c3ccccn3)C2c2cc(C)n(CCCN3CCOCC3)c2C)cc1Cl. The van der Waals surface area contributed by atoms with Crippen molar-refractivity contribution < 1.29 is 14.3 Å². The number of rotatable bonds is 10. The predicted molar refractivity (Wildman–Crippen MR) is 166 cm³/mol. The summed E-state index contributed by atoms with van der Waals surface area (Å²) >= 11 is 12.6. The van der Waals surface area contributed by atoms with Gasteiger partial charge in [-0.25, -0.2) is 0 Å². The number of aromatic nitrogens is 2. The standard InChI is InChI=1S/C30H37ClN6O3S/c1-20-17-23(21(2)36(20)12-6-11-35-13-15-40-16-14-35)29-28(26-7-4-5-10-32-26)34-30(41)37(29)22-8-9-25(24(31)18-22)33-27(38)19-39-3/h4-5,7-10,17-18,28-29H,6,11-16,19H2,1-3H3,(H,33,38)(H,34,41). The number of halogens is 1. The first-order chi connectivity index (χ1) is 19.9. The lowest BCUT2D eigenvalue weighted by Gasteiger charge is -2.29. The molecule has 3 aromatic rings. The lowest BCUT2D eigenvalue weighted by molar-refractivity contribution is -0.119. The quantitative estimate of drug-likeness (QED) is 0.328. The van der Waals surface area contributed by atoms with Gasteiger partial charge in [-0.15, -0.1) is 0 Å². The van der Waals surface area contributed by atoms with Crippen LogP contribution in [0.15, 0.2) is 48.7 Å². The third-order valence-corrected chi connectivity index (χ3v) is 8.40. The Labute approximate surface area is 251 Å². The second kappa shape index (κ2) is 13.3. The molecule has 2 N–H and O–H groups in total. The number of aryl methyl sites for hydroxylation is 1. The van der Waals surface area contributed by atoms with E-state index in [1.165, 1.54) is 24.1 Å². The highest BCUT2D eigenvalue weighted by Gasteiger charge is 2.42. The van der Waals surface area contributed by atoms with E-state index in [-0.39, 0.29) is 24.6 Å². The van der Waals surface area contributed by atoms with Gasteiger partial charge in [-0.1, -0.05) is 17.7 Å². The summed E-state index contributed by atoms with van der Waals surface area (Å²) in [6.45, 7) is 9.93. The Bertz CT molecular complexity index is 1380. The molecule has 2 aliphatic rings. The molecule has 9 nitrogen and oxygen atoms in total. The molecule has 1 aromatic carbocycles. The molecule has 1 amide bonds. The zero-order chi connectivity index (χ0) is 28.9. The topological polar surface area (TPSA) is 83.9 Å². The number of carbonyl (C=O) groups is 1. The Kier molecular flexibility index (Phi) is 9.57. The molecule has 0 spiro atoms. The number of anilines is 2. The monoisotopic (exact) mass is 596 g/mol. The molecule has 2 saturated heterocycles. The molecular formula is C30H37ClN6O3S. The van der Waals surface area contributed by atoms with E-state index in [9.17, 15) is 4.79 Å². The average molecular weight is 597 g/mol. The second-order valence-electron chi connectivity index (χ2n) is 10.4. The molecule has 0 radical (unpaired) electrons. The highest BCUT2D eigenvalue weighted by atomic mass is 35.5. The molecule has 218 valence electrons. The molecule has 2 unspecified atom stereocenters. The van der Waals surface area contributed by atoms with Crippen molar-refractivity contribution in [3.05, 3.63) is 76.3 Å². The van der Waals surface area contributed by atoms with Crippen molar-refractivity contribution >= 4 is 46.2 Å². The van der Waals surface area contributed by atoms with Gasteiger partial charge < -0.3 is 29.6 Å². The maximum atomic E-state index is 12.1. The van der Waals surface area contributed by atoms with Crippen LogP contribution < -0.4 is 15.5 Å². The van der Waals surface area contributed by atoms with E-state index < -0.39 is 0 Å². The van der Waals surface area contributed by atoms with Crippen molar-refractivity contribution in [2.45, 2.75) is 38.9 Å². The molecule has 11 heteroatoms. The Morgan fingerprint density at radius 1 is 1.20 bits per heavy atom. The van der Waals surface area contributed by atoms with Crippen LogP contribution in [0.2, 0.25) is 5.02 Å². The largest absolute Gasteiger partial charge is 0.379 e. The van der Waals surface area contributed by atoms with E-state index in [1.54, 1.807) is 6.07 Å². The van der Waals surface area contributed by atoms with Gasteiger partial charge in [0, 0.05) is 56.6 Å². The molecule has 0 bridgehead atoms. The Balaban J connectivity index is 1.46. The van der Waals surface area contributed by atoms with E-state index >= 15 is 0 Å². The van der Waals surface area contributed by atoms with Crippen molar-refractivity contribution in [3.63, 3.8) is 0 Å². The fraction of sp³-hybridized carbons (Fsp3) is 0.433. The van der Waals surface area contributed by atoms with Crippen molar-refractivity contribution in [2.24, 2.45) is 0 Å². The van der Waals surface area contributed by atoms with Crippen LogP contribution in [0.5, 0.6) is 0 Å². The van der Waals surface area contributed by atoms with Gasteiger partial charge >= 0.3 is 0 Å². The number of hydrogen-bond donors (Lipinski definition) is 2. The summed E-state index contributed by atoms with van der Waals surface area (Å²) in [6, 6.07) is 13.5. The van der Waals surface area contributed by atoms with E-state index in [0.717, 1.165) is 57.2 Å². The van der Waals surface area contributed by atoms with E-state index in [2.05, 4.69) is 49.9 Å². The fourth-order valence-corrected chi connectivity index (χ4v) is 6.34. The highest BCUT2D eigenvalue weighted by Crippen LogP contribution is 2.44. The number of benzene rings is 1. The first-order valence-corrected chi connectivity index (χ1v) is 14.7. The summed E-state index contributed by atoms with van der Waals surface area (Å²) in [5.41, 5.74) is 5.87. The number of carbonyl (C=O) groups excluding carboxylic acids is 1. The Morgan fingerprint density at radius 3 is 2.71 bits per heavy atom. The molecule has 0 saturated carbocycles. The van der Waals surface area contributed by atoms with Crippen LogP contribution in [0.25, 0.3) is 0 Å². The lowest BCUT2D eigenvalue weighted by Crippen LogP contribution is -2.37. The van der Waals surface area contributed by atoms with Crippen LogP contribution in [-0.2, 0) is 20.8 Å². The van der Waals surface area contributed by atoms with Gasteiger partial charge in [0.25, 0.3) is 0 Å². The number of methoxy groups -OCH3 is 1. The van der Waals surface area contributed by atoms with Crippen LogP contribution in [0, 0.1) is 13.8 Å². The molecule has 2 atom stereocenters. The van der Waals surface area contributed by atoms with Gasteiger partial charge in [-0.2, -0.15) is 0 Å². The third-order valence-electron chi connectivity index (χ3n) is 7.77. The normalized spacial score (nSPS) is 19.4. The zero-order valence-electron chi connectivity index (χ0n) is 23.7. The molecule has 2 aromatic heterocycles. The number of amides is 1. The number of thiocarbonyl (C=S) groups is 1. The molecule has 41 heavy (non-hydrogen) atoms. The van der Waals surface area contributed by atoms with Gasteiger partial charge in [0.15, 0.2) is 5.11 Å². The second-order valence-corrected chi connectivity index (χ2v) is 11.2. The molecule has 5 rings (SSSR count). The number of nitrogens with one attached hydrogen (secondary N) is 2. The van der Waals surface area contributed by atoms with Crippen LogP contribution in [0.3, 0.4) is 0 Å². The lowest BCUT2D eigenvalue weighted by atomic mass is 9.96. The Morgan fingerprint density at radius 2 is 2.00 bits per heavy atom. The smallest absolute Gasteiger partial charge is 0.250 e. The first-order valence-electron chi connectivity index (χ1n) is 13.9. The van der Waals surface area contributed by atoms with Gasteiger partial charge in [0.2, 0.25) is 5.91 Å². The number of ether oxygens (including phenoxy) is 2. The maximum absolute atomic E-state index is 12.1. The predicted octanol–water partition coefficient (Wildman–Crippen LogP) is 4.64. The Hall–Kier alpha value is -3.02.